The summed E-state index contributed by atoms with van der Waals surface area (Å²) in [6.07, 6.45) is 1.76. The number of aryl methyl sites for hydroxylation is 2. The smallest absolute Gasteiger partial charge is 0.276 e. The molecule has 0 atom stereocenters. The first-order chi connectivity index (χ1) is 10.3. The highest BCUT2D eigenvalue weighted by Crippen LogP contribution is 2.15. The van der Waals surface area contributed by atoms with Crippen LogP contribution in [0.15, 0.2) is 41.2 Å². The molecule has 1 aromatic carbocycles. The van der Waals surface area contributed by atoms with Gasteiger partial charge in [0, 0.05) is 11.8 Å². The minimum Gasteiger partial charge on any atom is -0.295 e. The number of thiazole rings is 1. The molecule has 0 fully saturated rings. The monoisotopic (exact) mass is 316 g/mol. The Morgan fingerprint density at radius 3 is 2.76 bits per heavy atom. The van der Waals surface area contributed by atoms with Crippen LogP contribution in [0.3, 0.4) is 0 Å². The second-order valence-electron chi connectivity index (χ2n) is 4.31. The Morgan fingerprint density at radius 2 is 2.00 bits per heavy atom. The van der Waals surface area contributed by atoms with Crippen molar-refractivity contribution in [3.63, 3.8) is 0 Å². The van der Waals surface area contributed by atoms with E-state index in [4.69, 9.17) is 0 Å². The van der Waals surface area contributed by atoms with E-state index < -0.39 is 0 Å². The molecular weight excluding hydrogens is 304 g/mol. The molecular formula is C14H12N4OS2. The van der Waals surface area contributed by atoms with Gasteiger partial charge in [-0.15, -0.1) is 21.5 Å². The standard InChI is InChI=1S/C14H12N4OS2/c19-13(17-14-18-15-9-21-14)11-8-20-12(16-11)7-6-10-4-2-1-3-5-10/h1-5,8-9H,6-7H2,(H,17,18,19). The second kappa shape index (κ2) is 6.55. The molecule has 0 saturated heterocycles. The molecule has 0 aliphatic rings. The van der Waals surface area contributed by atoms with Crippen molar-refractivity contribution in [1.29, 1.82) is 0 Å². The van der Waals surface area contributed by atoms with Crippen LogP contribution in [-0.4, -0.2) is 21.1 Å². The maximum Gasteiger partial charge on any atom is 0.276 e. The maximum atomic E-state index is 12.0. The number of amides is 1. The van der Waals surface area contributed by atoms with Crippen LogP contribution in [0.5, 0.6) is 0 Å². The molecule has 0 bridgehead atoms. The molecule has 0 aliphatic heterocycles. The molecule has 0 saturated carbocycles. The molecule has 5 nitrogen and oxygen atoms in total. The van der Waals surface area contributed by atoms with E-state index >= 15 is 0 Å². The van der Waals surface area contributed by atoms with Crippen LogP contribution < -0.4 is 5.32 Å². The first-order valence-corrected chi connectivity index (χ1v) is 8.13. The average molecular weight is 316 g/mol. The van der Waals surface area contributed by atoms with Gasteiger partial charge in [-0.1, -0.05) is 41.7 Å². The lowest BCUT2D eigenvalue weighted by Gasteiger charge is -1.98. The molecule has 3 rings (SSSR count). The van der Waals surface area contributed by atoms with E-state index in [0.29, 0.717) is 10.8 Å². The Bertz CT molecular complexity index is 710. The topological polar surface area (TPSA) is 67.8 Å². The fourth-order valence-corrected chi connectivity index (χ4v) is 3.03. The van der Waals surface area contributed by atoms with Crippen LogP contribution in [0, 0.1) is 0 Å². The Labute approximate surface area is 129 Å². The summed E-state index contributed by atoms with van der Waals surface area (Å²) in [4.78, 5) is 16.3. The number of carbonyl (C=O) groups is 1. The van der Waals surface area contributed by atoms with Crippen LogP contribution in [0.25, 0.3) is 0 Å². The van der Waals surface area contributed by atoms with Gasteiger partial charge in [0.2, 0.25) is 5.13 Å². The van der Waals surface area contributed by atoms with Crippen LogP contribution >= 0.6 is 22.7 Å². The van der Waals surface area contributed by atoms with Crippen molar-refractivity contribution in [3.8, 4) is 0 Å². The van der Waals surface area contributed by atoms with Gasteiger partial charge >= 0.3 is 0 Å². The van der Waals surface area contributed by atoms with Gasteiger partial charge in [-0.3, -0.25) is 10.1 Å². The van der Waals surface area contributed by atoms with E-state index in [1.807, 2.05) is 18.2 Å². The summed E-state index contributed by atoms with van der Waals surface area (Å²) < 4.78 is 0. The lowest BCUT2D eigenvalue weighted by molar-refractivity contribution is 0.102. The van der Waals surface area contributed by atoms with Crippen LogP contribution in [0.2, 0.25) is 0 Å². The third-order valence-corrected chi connectivity index (χ3v) is 4.35. The van der Waals surface area contributed by atoms with Crippen molar-refractivity contribution in [2.24, 2.45) is 0 Å². The lowest BCUT2D eigenvalue weighted by Crippen LogP contribution is -2.12. The molecule has 0 spiro atoms. The van der Waals surface area contributed by atoms with Crippen molar-refractivity contribution in [1.82, 2.24) is 15.2 Å². The zero-order valence-corrected chi connectivity index (χ0v) is 12.7. The van der Waals surface area contributed by atoms with E-state index in [-0.39, 0.29) is 5.91 Å². The summed E-state index contributed by atoms with van der Waals surface area (Å²) in [7, 11) is 0. The van der Waals surface area contributed by atoms with Gasteiger partial charge in [0.05, 0.1) is 5.01 Å². The normalized spacial score (nSPS) is 10.5. The molecule has 1 amide bonds. The number of hydrogen-bond donors (Lipinski definition) is 1. The van der Waals surface area contributed by atoms with Crippen LogP contribution in [0.1, 0.15) is 21.1 Å². The van der Waals surface area contributed by atoms with Crippen molar-refractivity contribution in [2.75, 3.05) is 5.32 Å². The Kier molecular flexibility index (Phi) is 4.32. The number of anilines is 1. The Balaban J connectivity index is 1.59. The fourth-order valence-electron chi connectivity index (χ4n) is 1.81. The van der Waals surface area contributed by atoms with Crippen molar-refractivity contribution < 1.29 is 4.79 Å². The minimum absolute atomic E-state index is 0.242. The average Bonchev–Trinajstić information content (AvgIpc) is 3.17. The lowest BCUT2D eigenvalue weighted by atomic mass is 10.1. The summed E-state index contributed by atoms with van der Waals surface area (Å²) in [5, 5.41) is 13.3. The maximum absolute atomic E-state index is 12.0. The molecule has 0 radical (unpaired) electrons. The van der Waals surface area contributed by atoms with Crippen LogP contribution in [0.4, 0.5) is 5.13 Å². The first kappa shape index (κ1) is 13.8. The highest BCUT2D eigenvalue weighted by molar-refractivity contribution is 7.13. The highest BCUT2D eigenvalue weighted by atomic mass is 32.1. The van der Waals surface area contributed by atoms with Crippen LogP contribution in [-0.2, 0) is 12.8 Å². The molecule has 2 heterocycles. The van der Waals surface area contributed by atoms with E-state index in [1.165, 1.54) is 28.2 Å². The van der Waals surface area contributed by atoms with E-state index in [2.05, 4.69) is 32.6 Å². The van der Waals surface area contributed by atoms with Crippen molar-refractivity contribution in [2.45, 2.75) is 12.8 Å². The van der Waals surface area contributed by atoms with E-state index in [1.54, 1.807) is 10.9 Å². The molecule has 1 N–H and O–H groups in total. The molecule has 106 valence electrons. The van der Waals surface area contributed by atoms with Gasteiger partial charge in [0.1, 0.15) is 11.2 Å². The fraction of sp³-hybridized carbons (Fsp3) is 0.143. The predicted molar refractivity (Wildman–Crippen MR) is 83.8 cm³/mol. The van der Waals surface area contributed by atoms with Gasteiger partial charge in [0.15, 0.2) is 0 Å². The van der Waals surface area contributed by atoms with Gasteiger partial charge in [-0.25, -0.2) is 4.98 Å². The zero-order valence-electron chi connectivity index (χ0n) is 11.0. The van der Waals surface area contributed by atoms with Gasteiger partial charge in [0.25, 0.3) is 5.91 Å². The summed E-state index contributed by atoms with van der Waals surface area (Å²) >= 11 is 2.79. The number of nitrogens with zero attached hydrogens (tertiary/aromatic N) is 3. The number of aromatic nitrogens is 3. The molecule has 21 heavy (non-hydrogen) atoms. The SMILES string of the molecule is O=C(Nc1nncs1)c1csc(CCc2ccccc2)n1. The van der Waals surface area contributed by atoms with Gasteiger partial charge in [-0.2, -0.15) is 0 Å². The number of nitrogens with one attached hydrogen (secondary N) is 1. The largest absolute Gasteiger partial charge is 0.295 e. The summed E-state index contributed by atoms with van der Waals surface area (Å²) in [6.45, 7) is 0. The quantitative estimate of drug-likeness (QED) is 0.785. The number of hydrogen-bond acceptors (Lipinski definition) is 6. The third kappa shape index (κ3) is 3.71. The number of rotatable bonds is 5. The molecule has 0 aliphatic carbocycles. The van der Waals surface area contributed by atoms with Gasteiger partial charge < -0.3 is 0 Å². The predicted octanol–water partition coefficient (Wildman–Crippen LogP) is 3.03. The molecule has 2 aromatic heterocycles. The third-order valence-electron chi connectivity index (χ3n) is 2.84. The van der Waals surface area contributed by atoms with Crippen molar-refractivity contribution >= 4 is 33.7 Å². The molecule has 7 heteroatoms. The van der Waals surface area contributed by atoms with Crippen molar-refractivity contribution in [3.05, 3.63) is 57.5 Å². The Hall–Kier alpha value is -2.12. The summed E-state index contributed by atoms with van der Waals surface area (Å²) in [5.74, 6) is -0.242. The summed E-state index contributed by atoms with van der Waals surface area (Å²) in [6, 6.07) is 10.2. The molecule has 3 aromatic rings. The van der Waals surface area contributed by atoms with Gasteiger partial charge in [-0.05, 0) is 12.0 Å². The zero-order chi connectivity index (χ0) is 14.5. The summed E-state index contributed by atoms with van der Waals surface area (Å²) in [5.41, 5.74) is 3.27. The minimum atomic E-state index is -0.242. The number of carbonyl (C=O) groups excluding carboxylic acids is 1. The number of benzene rings is 1. The second-order valence-corrected chi connectivity index (χ2v) is 6.09. The Morgan fingerprint density at radius 1 is 1.14 bits per heavy atom. The molecule has 0 unspecified atom stereocenters. The van der Waals surface area contributed by atoms with E-state index in [0.717, 1.165) is 17.8 Å². The first-order valence-electron chi connectivity index (χ1n) is 6.37. The van der Waals surface area contributed by atoms with E-state index in [9.17, 15) is 4.79 Å². The highest BCUT2D eigenvalue weighted by Gasteiger charge is 2.12.